The second kappa shape index (κ2) is 5.12. The quantitative estimate of drug-likeness (QED) is 0.838. The van der Waals surface area contributed by atoms with E-state index >= 15 is 0 Å². The number of aryl methyl sites for hydroxylation is 1. The van der Waals surface area contributed by atoms with Crippen LogP contribution >= 0.6 is 0 Å². The molecule has 0 N–H and O–H groups in total. The highest BCUT2D eigenvalue weighted by atomic mass is 16.2. The van der Waals surface area contributed by atoms with Crippen molar-refractivity contribution < 1.29 is 4.79 Å². The zero-order chi connectivity index (χ0) is 15.1. The van der Waals surface area contributed by atoms with Crippen molar-refractivity contribution in [1.82, 2.24) is 19.4 Å². The average Bonchev–Trinajstić information content (AvgIpc) is 3.23. The molecule has 2 fully saturated rings. The van der Waals surface area contributed by atoms with E-state index < -0.39 is 0 Å². The Kier molecular flexibility index (Phi) is 3.10. The predicted octanol–water partition coefficient (Wildman–Crippen LogP) is 1.31. The summed E-state index contributed by atoms with van der Waals surface area (Å²) in [5.74, 6) is 0.916. The van der Waals surface area contributed by atoms with E-state index in [9.17, 15) is 4.79 Å². The van der Waals surface area contributed by atoms with Crippen LogP contribution in [0.4, 0.5) is 5.95 Å². The van der Waals surface area contributed by atoms with Gasteiger partial charge in [0.2, 0.25) is 5.95 Å². The van der Waals surface area contributed by atoms with Crippen LogP contribution in [0, 0.1) is 0 Å². The maximum Gasteiger partial charge on any atom is 0.270 e. The Hall–Kier alpha value is -2.37. The minimum absolute atomic E-state index is 0.135. The molecule has 1 amide bonds. The number of aromatic nitrogens is 3. The topological polar surface area (TPSA) is 54.3 Å². The van der Waals surface area contributed by atoms with Gasteiger partial charge in [0.05, 0.1) is 12.1 Å². The first kappa shape index (κ1) is 13.3. The molecule has 0 saturated carbocycles. The Balaban J connectivity index is 1.56. The third kappa shape index (κ3) is 1.98. The van der Waals surface area contributed by atoms with Crippen LogP contribution < -0.4 is 4.90 Å². The maximum absolute atomic E-state index is 12.8. The highest BCUT2D eigenvalue weighted by Gasteiger charge is 2.45. The van der Waals surface area contributed by atoms with E-state index in [1.807, 2.05) is 40.9 Å². The molecule has 4 rings (SSSR count). The van der Waals surface area contributed by atoms with Crippen molar-refractivity contribution in [3.8, 4) is 0 Å². The summed E-state index contributed by atoms with van der Waals surface area (Å²) in [6.07, 6.45) is 7.44. The van der Waals surface area contributed by atoms with Crippen molar-refractivity contribution in [1.29, 1.82) is 0 Å². The summed E-state index contributed by atoms with van der Waals surface area (Å²) < 4.78 is 1.89. The number of hydrogen-bond donors (Lipinski definition) is 0. The Bertz CT molecular complexity index is 683. The minimum Gasteiger partial charge on any atom is -0.347 e. The second-order valence-electron chi connectivity index (χ2n) is 5.96. The number of likely N-dealkylation sites (tertiary alicyclic amines) is 1. The average molecular weight is 297 g/mol. The first-order valence-corrected chi connectivity index (χ1v) is 7.71. The molecule has 2 atom stereocenters. The molecule has 2 aliphatic heterocycles. The molecule has 0 spiro atoms. The van der Waals surface area contributed by atoms with Crippen LogP contribution in [0.1, 0.15) is 23.3 Å². The molecular formula is C16H19N5O. The molecule has 4 heterocycles. The van der Waals surface area contributed by atoms with Crippen LogP contribution in [0.2, 0.25) is 0 Å². The summed E-state index contributed by atoms with van der Waals surface area (Å²) in [5.41, 5.74) is 0.759. The van der Waals surface area contributed by atoms with Gasteiger partial charge in [-0.2, -0.15) is 0 Å². The van der Waals surface area contributed by atoms with Gasteiger partial charge in [-0.1, -0.05) is 0 Å². The van der Waals surface area contributed by atoms with E-state index in [4.69, 9.17) is 0 Å². The highest BCUT2D eigenvalue weighted by molar-refractivity contribution is 5.93. The normalized spacial score (nSPS) is 23.9. The Labute approximate surface area is 129 Å². The fraction of sp³-hybridized carbons (Fsp3) is 0.438. The zero-order valence-corrected chi connectivity index (χ0v) is 12.6. The van der Waals surface area contributed by atoms with Gasteiger partial charge in [-0.15, -0.1) is 0 Å². The molecule has 114 valence electrons. The molecule has 0 radical (unpaired) electrons. The van der Waals surface area contributed by atoms with E-state index in [-0.39, 0.29) is 11.9 Å². The third-order valence-corrected chi connectivity index (χ3v) is 4.81. The number of anilines is 1. The fourth-order valence-corrected chi connectivity index (χ4v) is 3.76. The monoisotopic (exact) mass is 297 g/mol. The smallest absolute Gasteiger partial charge is 0.270 e. The summed E-state index contributed by atoms with van der Waals surface area (Å²) in [5, 5.41) is 0. The summed E-state index contributed by atoms with van der Waals surface area (Å²) >= 11 is 0. The molecule has 0 aromatic carbocycles. The van der Waals surface area contributed by atoms with Gasteiger partial charge in [-0.05, 0) is 31.0 Å². The third-order valence-electron chi connectivity index (χ3n) is 4.81. The van der Waals surface area contributed by atoms with Crippen LogP contribution in [0.5, 0.6) is 0 Å². The number of nitrogens with zero attached hydrogens (tertiary/aromatic N) is 5. The lowest BCUT2D eigenvalue weighted by Crippen LogP contribution is -2.40. The van der Waals surface area contributed by atoms with Gasteiger partial charge in [-0.25, -0.2) is 9.97 Å². The van der Waals surface area contributed by atoms with Crippen LogP contribution in [0.25, 0.3) is 0 Å². The summed E-state index contributed by atoms with van der Waals surface area (Å²) in [4.78, 5) is 25.8. The Morgan fingerprint density at radius 1 is 1.14 bits per heavy atom. The lowest BCUT2D eigenvalue weighted by molar-refractivity contribution is 0.0728. The highest BCUT2D eigenvalue weighted by Crippen LogP contribution is 2.34. The van der Waals surface area contributed by atoms with Crippen LogP contribution in [-0.4, -0.2) is 50.5 Å². The van der Waals surface area contributed by atoms with Gasteiger partial charge >= 0.3 is 0 Å². The fourth-order valence-electron chi connectivity index (χ4n) is 3.76. The zero-order valence-electron chi connectivity index (χ0n) is 12.6. The largest absolute Gasteiger partial charge is 0.347 e. The van der Waals surface area contributed by atoms with Crippen molar-refractivity contribution in [2.24, 2.45) is 7.05 Å². The first-order chi connectivity index (χ1) is 10.8. The maximum atomic E-state index is 12.8. The van der Waals surface area contributed by atoms with Crippen molar-refractivity contribution >= 4 is 11.9 Å². The van der Waals surface area contributed by atoms with Crippen molar-refractivity contribution in [3.05, 3.63) is 42.5 Å². The molecule has 6 heteroatoms. The van der Waals surface area contributed by atoms with Gasteiger partial charge in [0.1, 0.15) is 5.69 Å². The molecule has 6 nitrogen and oxygen atoms in total. The van der Waals surface area contributed by atoms with Crippen molar-refractivity contribution in [2.75, 3.05) is 18.0 Å². The number of amides is 1. The van der Waals surface area contributed by atoms with Gasteiger partial charge < -0.3 is 14.4 Å². The van der Waals surface area contributed by atoms with Gasteiger partial charge in [-0.3, -0.25) is 4.79 Å². The summed E-state index contributed by atoms with van der Waals surface area (Å²) in [7, 11) is 1.92. The van der Waals surface area contributed by atoms with E-state index in [0.717, 1.165) is 37.6 Å². The molecular weight excluding hydrogens is 278 g/mol. The molecule has 0 bridgehead atoms. The van der Waals surface area contributed by atoms with Crippen molar-refractivity contribution in [2.45, 2.75) is 24.9 Å². The Morgan fingerprint density at radius 2 is 1.91 bits per heavy atom. The van der Waals surface area contributed by atoms with E-state index in [1.165, 1.54) is 0 Å². The number of hydrogen-bond acceptors (Lipinski definition) is 4. The van der Waals surface area contributed by atoms with Gasteiger partial charge in [0.15, 0.2) is 0 Å². The standard InChI is InChI=1S/C16H19N5O/c1-19-9-2-4-14(19)15(22)20-10-5-13-12(20)6-11-21(13)16-17-7-3-8-18-16/h2-4,7-9,12-13H,5-6,10-11H2,1H3/t12-,13+/m0/s1. The molecule has 2 aromatic heterocycles. The molecule has 0 aliphatic carbocycles. The van der Waals surface area contributed by atoms with Crippen LogP contribution in [0.15, 0.2) is 36.8 Å². The van der Waals surface area contributed by atoms with Crippen LogP contribution in [0.3, 0.4) is 0 Å². The number of carbonyl (C=O) groups is 1. The second-order valence-corrected chi connectivity index (χ2v) is 5.96. The van der Waals surface area contributed by atoms with Gasteiger partial charge in [0.25, 0.3) is 5.91 Å². The molecule has 2 aliphatic rings. The van der Waals surface area contributed by atoms with E-state index in [0.29, 0.717) is 6.04 Å². The number of carbonyl (C=O) groups excluding carboxylic acids is 1. The van der Waals surface area contributed by atoms with E-state index in [1.54, 1.807) is 12.4 Å². The van der Waals surface area contributed by atoms with Crippen molar-refractivity contribution in [3.63, 3.8) is 0 Å². The predicted molar refractivity (Wildman–Crippen MR) is 82.6 cm³/mol. The molecule has 2 aromatic rings. The molecule has 0 unspecified atom stereocenters. The summed E-state index contributed by atoms with van der Waals surface area (Å²) in [6, 6.07) is 6.25. The Morgan fingerprint density at radius 3 is 2.64 bits per heavy atom. The number of fused-ring (bicyclic) bond motifs is 1. The SMILES string of the molecule is Cn1cccc1C(=O)N1CC[C@@H]2[C@@H]1CCN2c1ncccn1. The molecule has 2 saturated heterocycles. The van der Waals surface area contributed by atoms with Crippen LogP contribution in [-0.2, 0) is 7.05 Å². The number of rotatable bonds is 2. The van der Waals surface area contributed by atoms with E-state index in [2.05, 4.69) is 14.9 Å². The lowest BCUT2D eigenvalue weighted by Gasteiger charge is -2.25. The molecule has 22 heavy (non-hydrogen) atoms. The van der Waals surface area contributed by atoms with Gasteiger partial charge in [0, 0.05) is 38.7 Å². The lowest BCUT2D eigenvalue weighted by atomic mass is 10.1. The minimum atomic E-state index is 0.135. The summed E-state index contributed by atoms with van der Waals surface area (Å²) in [6.45, 7) is 1.72. The first-order valence-electron chi connectivity index (χ1n) is 7.71.